The van der Waals surface area contributed by atoms with Crippen molar-refractivity contribution < 1.29 is 9.53 Å². The number of hydrogen-bond acceptors (Lipinski definition) is 6. The molecular weight excluding hydrogens is 326 g/mol. The first-order chi connectivity index (χ1) is 11.7. The molecule has 0 aliphatic carbocycles. The van der Waals surface area contributed by atoms with Crippen LogP contribution in [0.25, 0.3) is 0 Å². The molecule has 128 valence electrons. The summed E-state index contributed by atoms with van der Waals surface area (Å²) >= 11 is 1.37. The van der Waals surface area contributed by atoms with Gasteiger partial charge >= 0.3 is 0 Å². The molecular formula is C16H21N5O2S. The van der Waals surface area contributed by atoms with Gasteiger partial charge in [0, 0.05) is 13.2 Å². The van der Waals surface area contributed by atoms with Crippen molar-refractivity contribution in [2.24, 2.45) is 0 Å². The summed E-state index contributed by atoms with van der Waals surface area (Å²) in [5, 5.41) is 15.6. The topological polar surface area (TPSA) is 81.9 Å². The zero-order valence-corrected chi connectivity index (χ0v) is 14.4. The Kier molecular flexibility index (Phi) is 5.81. The number of thioether (sulfide) groups is 1. The summed E-state index contributed by atoms with van der Waals surface area (Å²) in [4.78, 5) is 12.2. The fourth-order valence-corrected chi connectivity index (χ4v) is 3.43. The van der Waals surface area contributed by atoms with Crippen LogP contribution < -0.4 is 5.32 Å². The van der Waals surface area contributed by atoms with Gasteiger partial charge in [-0.2, -0.15) is 0 Å². The van der Waals surface area contributed by atoms with Crippen LogP contribution in [0.15, 0.2) is 35.5 Å². The van der Waals surface area contributed by atoms with Gasteiger partial charge < -0.3 is 10.1 Å². The maximum absolute atomic E-state index is 12.2. The molecule has 1 aromatic carbocycles. The van der Waals surface area contributed by atoms with Crippen LogP contribution in [0.1, 0.15) is 37.4 Å². The van der Waals surface area contributed by atoms with E-state index in [1.807, 2.05) is 41.9 Å². The lowest BCUT2D eigenvalue weighted by Gasteiger charge is -2.22. The van der Waals surface area contributed by atoms with E-state index in [1.54, 1.807) is 0 Å². The third-order valence-corrected chi connectivity index (χ3v) is 4.94. The molecule has 0 radical (unpaired) electrons. The molecule has 1 aromatic heterocycles. The Balaban J connectivity index is 1.52. The van der Waals surface area contributed by atoms with Gasteiger partial charge in [-0.1, -0.05) is 42.1 Å². The van der Waals surface area contributed by atoms with E-state index in [1.165, 1.54) is 11.8 Å². The number of tetrazole rings is 1. The molecule has 1 amide bonds. The Morgan fingerprint density at radius 2 is 2.12 bits per heavy atom. The van der Waals surface area contributed by atoms with Crippen LogP contribution in [-0.4, -0.2) is 45.1 Å². The molecule has 24 heavy (non-hydrogen) atoms. The molecule has 1 fully saturated rings. The molecule has 0 saturated carbocycles. The predicted octanol–water partition coefficient (Wildman–Crippen LogP) is 1.99. The SMILES string of the molecule is C[C@@H](NC(=O)CSc1nnnn1C1CCOCC1)c1ccccc1. The van der Waals surface area contributed by atoms with Crippen molar-refractivity contribution in [2.75, 3.05) is 19.0 Å². The summed E-state index contributed by atoms with van der Waals surface area (Å²) in [7, 11) is 0. The van der Waals surface area contributed by atoms with E-state index in [0.29, 0.717) is 10.9 Å². The fraction of sp³-hybridized carbons (Fsp3) is 0.500. The zero-order chi connectivity index (χ0) is 16.8. The molecule has 1 aliphatic rings. The molecule has 1 saturated heterocycles. The molecule has 8 heteroatoms. The number of rotatable bonds is 6. The highest BCUT2D eigenvalue weighted by Gasteiger charge is 2.21. The second kappa shape index (κ2) is 8.25. The van der Waals surface area contributed by atoms with E-state index in [2.05, 4.69) is 20.8 Å². The van der Waals surface area contributed by atoms with E-state index in [4.69, 9.17) is 4.74 Å². The first-order valence-electron chi connectivity index (χ1n) is 8.07. The van der Waals surface area contributed by atoms with Crippen molar-refractivity contribution in [1.82, 2.24) is 25.5 Å². The van der Waals surface area contributed by atoms with Crippen LogP contribution in [0.3, 0.4) is 0 Å². The van der Waals surface area contributed by atoms with Gasteiger partial charge in [-0.3, -0.25) is 4.79 Å². The van der Waals surface area contributed by atoms with Gasteiger partial charge in [0.05, 0.1) is 17.8 Å². The number of benzene rings is 1. The van der Waals surface area contributed by atoms with Gasteiger partial charge in [0.1, 0.15) is 0 Å². The molecule has 1 aliphatic heterocycles. The molecule has 3 rings (SSSR count). The Morgan fingerprint density at radius 3 is 2.88 bits per heavy atom. The van der Waals surface area contributed by atoms with Gasteiger partial charge in [-0.15, -0.1) is 5.10 Å². The van der Waals surface area contributed by atoms with E-state index >= 15 is 0 Å². The summed E-state index contributed by atoms with van der Waals surface area (Å²) in [6.45, 7) is 3.43. The predicted molar refractivity (Wildman–Crippen MR) is 90.6 cm³/mol. The molecule has 1 atom stereocenters. The van der Waals surface area contributed by atoms with Crippen LogP contribution in [-0.2, 0) is 9.53 Å². The van der Waals surface area contributed by atoms with Crippen LogP contribution in [0.5, 0.6) is 0 Å². The molecule has 0 unspecified atom stereocenters. The Hall–Kier alpha value is -1.93. The second-order valence-electron chi connectivity index (χ2n) is 5.74. The fourth-order valence-electron chi connectivity index (χ4n) is 2.68. The average molecular weight is 347 g/mol. The van der Waals surface area contributed by atoms with Crippen LogP contribution >= 0.6 is 11.8 Å². The third kappa shape index (κ3) is 4.33. The van der Waals surface area contributed by atoms with Gasteiger partial charge in [-0.05, 0) is 35.8 Å². The number of carbonyl (C=O) groups excluding carboxylic acids is 1. The van der Waals surface area contributed by atoms with Crippen molar-refractivity contribution in [2.45, 2.75) is 37.0 Å². The van der Waals surface area contributed by atoms with E-state index < -0.39 is 0 Å². The standard InChI is InChI=1S/C16H21N5O2S/c1-12(13-5-3-2-4-6-13)17-15(22)11-24-16-18-19-20-21(16)14-7-9-23-10-8-14/h2-6,12,14H,7-11H2,1H3,(H,17,22)/t12-/m1/s1. The lowest BCUT2D eigenvalue weighted by Crippen LogP contribution is -2.28. The number of amides is 1. The minimum atomic E-state index is -0.0297. The Morgan fingerprint density at radius 1 is 1.38 bits per heavy atom. The Bertz CT molecular complexity index is 657. The van der Waals surface area contributed by atoms with Crippen molar-refractivity contribution in [1.29, 1.82) is 0 Å². The minimum absolute atomic E-state index is 0.0224. The highest BCUT2D eigenvalue weighted by molar-refractivity contribution is 7.99. The number of nitrogens with one attached hydrogen (secondary N) is 1. The summed E-state index contributed by atoms with van der Waals surface area (Å²) in [5.74, 6) is 0.263. The monoisotopic (exact) mass is 347 g/mol. The molecule has 0 bridgehead atoms. The summed E-state index contributed by atoms with van der Waals surface area (Å²) in [5.41, 5.74) is 1.09. The van der Waals surface area contributed by atoms with E-state index in [0.717, 1.165) is 31.6 Å². The highest BCUT2D eigenvalue weighted by Crippen LogP contribution is 2.25. The number of carbonyl (C=O) groups is 1. The summed E-state index contributed by atoms with van der Waals surface area (Å²) < 4.78 is 7.19. The van der Waals surface area contributed by atoms with Crippen LogP contribution in [0, 0.1) is 0 Å². The quantitative estimate of drug-likeness (QED) is 0.805. The van der Waals surface area contributed by atoms with Crippen molar-refractivity contribution >= 4 is 17.7 Å². The number of aromatic nitrogens is 4. The summed E-state index contributed by atoms with van der Waals surface area (Å²) in [6, 6.07) is 10.1. The molecule has 2 heterocycles. The highest BCUT2D eigenvalue weighted by atomic mass is 32.2. The van der Waals surface area contributed by atoms with Crippen LogP contribution in [0.2, 0.25) is 0 Å². The lowest BCUT2D eigenvalue weighted by atomic mass is 10.1. The van der Waals surface area contributed by atoms with Gasteiger partial charge in [0.15, 0.2) is 0 Å². The smallest absolute Gasteiger partial charge is 0.230 e. The van der Waals surface area contributed by atoms with Gasteiger partial charge in [0.2, 0.25) is 11.1 Å². The van der Waals surface area contributed by atoms with Crippen molar-refractivity contribution in [3.05, 3.63) is 35.9 Å². The van der Waals surface area contributed by atoms with Crippen molar-refractivity contribution in [3.63, 3.8) is 0 Å². The molecule has 7 nitrogen and oxygen atoms in total. The normalized spacial score (nSPS) is 16.7. The first-order valence-corrected chi connectivity index (χ1v) is 9.05. The van der Waals surface area contributed by atoms with Gasteiger partial charge in [-0.25, -0.2) is 4.68 Å². The number of nitrogens with zero attached hydrogens (tertiary/aromatic N) is 4. The van der Waals surface area contributed by atoms with E-state index in [-0.39, 0.29) is 18.0 Å². The van der Waals surface area contributed by atoms with Crippen molar-refractivity contribution in [3.8, 4) is 0 Å². The number of hydrogen-bond donors (Lipinski definition) is 1. The number of ether oxygens (including phenoxy) is 1. The van der Waals surface area contributed by atoms with Gasteiger partial charge in [0.25, 0.3) is 0 Å². The third-order valence-electron chi connectivity index (χ3n) is 4.01. The summed E-state index contributed by atoms with van der Waals surface area (Å²) in [6.07, 6.45) is 1.80. The lowest BCUT2D eigenvalue weighted by molar-refractivity contribution is -0.119. The molecule has 2 aromatic rings. The van der Waals surface area contributed by atoms with E-state index in [9.17, 15) is 4.79 Å². The molecule has 0 spiro atoms. The average Bonchev–Trinajstić information content (AvgIpc) is 3.10. The zero-order valence-electron chi connectivity index (χ0n) is 13.6. The van der Waals surface area contributed by atoms with Crippen LogP contribution in [0.4, 0.5) is 0 Å². The largest absolute Gasteiger partial charge is 0.381 e. The first kappa shape index (κ1) is 16.9. The maximum Gasteiger partial charge on any atom is 0.230 e. The Labute approximate surface area is 145 Å². The second-order valence-corrected chi connectivity index (χ2v) is 6.68. The minimum Gasteiger partial charge on any atom is -0.381 e. The molecule has 1 N–H and O–H groups in total. The maximum atomic E-state index is 12.2.